The van der Waals surface area contributed by atoms with Crippen LogP contribution in [-0.4, -0.2) is 20.3 Å². The first-order chi connectivity index (χ1) is 7.65. The van der Waals surface area contributed by atoms with Gasteiger partial charge in [0.15, 0.2) is 0 Å². The normalized spacial score (nSPS) is 12.8. The minimum Gasteiger partial charge on any atom is -0.382 e. The van der Waals surface area contributed by atoms with Gasteiger partial charge in [-0.05, 0) is 24.6 Å². The molecule has 0 heterocycles. The van der Waals surface area contributed by atoms with Crippen molar-refractivity contribution in [1.82, 2.24) is 5.48 Å². The maximum Gasteiger partial charge on any atom is 0.0916 e. The first-order valence-electron chi connectivity index (χ1n) is 4.96. The smallest absolute Gasteiger partial charge is 0.0916 e. The summed E-state index contributed by atoms with van der Waals surface area (Å²) in [5.41, 5.74) is 3.92. The van der Waals surface area contributed by atoms with Gasteiger partial charge in [0.05, 0.1) is 29.3 Å². The molecule has 1 unspecified atom stereocenters. The molecule has 90 valence electrons. The van der Waals surface area contributed by atoms with Crippen LogP contribution in [0, 0.1) is 0 Å². The summed E-state index contributed by atoms with van der Waals surface area (Å²) in [6.07, 6.45) is 0. The highest BCUT2D eigenvalue weighted by molar-refractivity contribution is 6.42. The molecule has 0 amide bonds. The summed E-state index contributed by atoms with van der Waals surface area (Å²) >= 11 is 11.8. The van der Waals surface area contributed by atoms with Gasteiger partial charge in [-0.1, -0.05) is 29.3 Å². The molecule has 0 radical (unpaired) electrons. The zero-order chi connectivity index (χ0) is 12.0. The maximum atomic E-state index is 5.92. The van der Waals surface area contributed by atoms with Crippen molar-refractivity contribution in [3.8, 4) is 0 Å². The SMILES string of the molecule is COCCONC(C)c1ccc(Cl)c(Cl)c1. The van der Waals surface area contributed by atoms with Crippen molar-refractivity contribution in [3.05, 3.63) is 33.8 Å². The number of hydroxylamine groups is 1. The molecule has 0 aromatic heterocycles. The highest BCUT2D eigenvalue weighted by atomic mass is 35.5. The average Bonchev–Trinajstić information content (AvgIpc) is 2.28. The Morgan fingerprint density at radius 2 is 2.00 bits per heavy atom. The summed E-state index contributed by atoms with van der Waals surface area (Å²) in [5.74, 6) is 0. The third-order valence-electron chi connectivity index (χ3n) is 2.09. The Balaban J connectivity index is 2.46. The number of benzene rings is 1. The van der Waals surface area contributed by atoms with Crippen LogP contribution >= 0.6 is 23.2 Å². The van der Waals surface area contributed by atoms with E-state index in [1.165, 1.54) is 0 Å². The molecule has 0 fully saturated rings. The number of rotatable bonds is 6. The second kappa shape index (κ2) is 7.09. The van der Waals surface area contributed by atoms with Crippen LogP contribution in [-0.2, 0) is 9.57 Å². The van der Waals surface area contributed by atoms with Crippen molar-refractivity contribution in [2.45, 2.75) is 13.0 Å². The van der Waals surface area contributed by atoms with Gasteiger partial charge in [0.25, 0.3) is 0 Å². The molecule has 0 aliphatic heterocycles. The maximum absolute atomic E-state index is 5.92. The van der Waals surface area contributed by atoms with E-state index >= 15 is 0 Å². The van der Waals surface area contributed by atoms with Gasteiger partial charge in [-0.25, -0.2) is 0 Å². The van der Waals surface area contributed by atoms with Gasteiger partial charge in [0.1, 0.15) is 0 Å². The molecule has 0 bridgehead atoms. The molecule has 1 rings (SSSR count). The Labute approximate surface area is 106 Å². The molecule has 1 aromatic carbocycles. The average molecular weight is 264 g/mol. The van der Waals surface area contributed by atoms with E-state index in [0.717, 1.165) is 5.56 Å². The van der Waals surface area contributed by atoms with E-state index in [-0.39, 0.29) is 6.04 Å². The predicted molar refractivity (Wildman–Crippen MR) is 65.8 cm³/mol. The van der Waals surface area contributed by atoms with Crippen molar-refractivity contribution in [2.24, 2.45) is 0 Å². The molecule has 0 spiro atoms. The van der Waals surface area contributed by atoms with Crippen LogP contribution in [0.2, 0.25) is 10.0 Å². The van der Waals surface area contributed by atoms with Gasteiger partial charge < -0.3 is 4.74 Å². The fourth-order valence-electron chi connectivity index (χ4n) is 1.16. The quantitative estimate of drug-likeness (QED) is 0.632. The lowest BCUT2D eigenvalue weighted by atomic mass is 10.1. The summed E-state index contributed by atoms with van der Waals surface area (Å²) in [5, 5.41) is 1.10. The lowest BCUT2D eigenvalue weighted by Crippen LogP contribution is -2.21. The predicted octanol–water partition coefficient (Wildman–Crippen LogP) is 3.22. The van der Waals surface area contributed by atoms with E-state index < -0.39 is 0 Å². The molecule has 3 nitrogen and oxygen atoms in total. The fourth-order valence-corrected chi connectivity index (χ4v) is 1.47. The van der Waals surface area contributed by atoms with Crippen LogP contribution in [0.15, 0.2) is 18.2 Å². The number of ether oxygens (including phenoxy) is 1. The molecule has 1 atom stereocenters. The van der Waals surface area contributed by atoms with Crippen LogP contribution in [0.1, 0.15) is 18.5 Å². The van der Waals surface area contributed by atoms with Crippen molar-refractivity contribution >= 4 is 23.2 Å². The second-order valence-electron chi connectivity index (χ2n) is 3.35. The van der Waals surface area contributed by atoms with Gasteiger partial charge in [0.2, 0.25) is 0 Å². The first-order valence-corrected chi connectivity index (χ1v) is 5.72. The van der Waals surface area contributed by atoms with Gasteiger partial charge in [-0.15, -0.1) is 0 Å². The van der Waals surface area contributed by atoms with Crippen LogP contribution < -0.4 is 5.48 Å². The van der Waals surface area contributed by atoms with Crippen molar-refractivity contribution in [3.63, 3.8) is 0 Å². The monoisotopic (exact) mass is 263 g/mol. The minimum atomic E-state index is 0.0478. The summed E-state index contributed by atoms with van der Waals surface area (Å²) in [7, 11) is 1.63. The van der Waals surface area contributed by atoms with Gasteiger partial charge in [0, 0.05) is 7.11 Å². The number of hydrogen-bond donors (Lipinski definition) is 1. The molecule has 1 aromatic rings. The van der Waals surface area contributed by atoms with Crippen LogP contribution in [0.5, 0.6) is 0 Å². The minimum absolute atomic E-state index is 0.0478. The van der Waals surface area contributed by atoms with E-state index in [0.29, 0.717) is 23.3 Å². The summed E-state index contributed by atoms with van der Waals surface area (Å²) in [4.78, 5) is 5.21. The molecule has 0 saturated heterocycles. The molecule has 0 aliphatic carbocycles. The zero-order valence-corrected chi connectivity index (χ0v) is 10.8. The Morgan fingerprint density at radius 3 is 2.62 bits per heavy atom. The molecule has 0 aliphatic rings. The summed E-state index contributed by atoms with van der Waals surface area (Å²) in [6, 6.07) is 5.55. The Kier molecular flexibility index (Phi) is 6.09. The van der Waals surface area contributed by atoms with E-state index in [2.05, 4.69) is 5.48 Å². The Hall–Kier alpha value is -0.320. The van der Waals surface area contributed by atoms with Gasteiger partial charge in [-0.2, -0.15) is 5.48 Å². The van der Waals surface area contributed by atoms with Crippen molar-refractivity contribution < 1.29 is 9.57 Å². The standard InChI is InChI=1S/C11H15Cl2NO2/c1-8(14-16-6-5-15-2)9-3-4-10(12)11(13)7-9/h3-4,7-8,14H,5-6H2,1-2H3. The fraction of sp³-hybridized carbons (Fsp3) is 0.455. The number of methoxy groups -OCH3 is 1. The van der Waals surface area contributed by atoms with E-state index in [1.54, 1.807) is 13.2 Å². The molecular weight excluding hydrogens is 249 g/mol. The molecule has 5 heteroatoms. The molecule has 16 heavy (non-hydrogen) atoms. The highest BCUT2D eigenvalue weighted by Crippen LogP contribution is 2.25. The topological polar surface area (TPSA) is 30.5 Å². The summed E-state index contributed by atoms with van der Waals surface area (Å²) in [6.45, 7) is 3.04. The van der Waals surface area contributed by atoms with Crippen LogP contribution in [0.3, 0.4) is 0 Å². The zero-order valence-electron chi connectivity index (χ0n) is 9.30. The largest absolute Gasteiger partial charge is 0.382 e. The van der Waals surface area contributed by atoms with E-state index in [4.69, 9.17) is 32.8 Å². The first kappa shape index (κ1) is 13.7. The van der Waals surface area contributed by atoms with Crippen molar-refractivity contribution in [1.29, 1.82) is 0 Å². The molecule has 0 saturated carbocycles. The van der Waals surface area contributed by atoms with Crippen LogP contribution in [0.4, 0.5) is 0 Å². The van der Waals surface area contributed by atoms with Crippen molar-refractivity contribution in [2.75, 3.05) is 20.3 Å². The lowest BCUT2D eigenvalue weighted by Gasteiger charge is -2.14. The lowest BCUT2D eigenvalue weighted by molar-refractivity contribution is -0.00924. The highest BCUT2D eigenvalue weighted by Gasteiger charge is 2.07. The van der Waals surface area contributed by atoms with E-state index in [9.17, 15) is 0 Å². The number of halogens is 2. The number of hydrogen-bond acceptors (Lipinski definition) is 3. The second-order valence-corrected chi connectivity index (χ2v) is 4.17. The molecule has 1 N–H and O–H groups in total. The number of nitrogens with one attached hydrogen (secondary N) is 1. The third kappa shape index (κ3) is 4.28. The Morgan fingerprint density at radius 1 is 1.25 bits per heavy atom. The van der Waals surface area contributed by atoms with Gasteiger partial charge >= 0.3 is 0 Å². The van der Waals surface area contributed by atoms with Gasteiger partial charge in [-0.3, -0.25) is 4.84 Å². The Bertz CT molecular complexity index is 334. The molecular formula is C11H15Cl2NO2. The van der Waals surface area contributed by atoms with Crippen LogP contribution in [0.25, 0.3) is 0 Å². The van der Waals surface area contributed by atoms with E-state index in [1.807, 2.05) is 19.1 Å². The third-order valence-corrected chi connectivity index (χ3v) is 2.83. The summed E-state index contributed by atoms with van der Waals surface area (Å²) < 4.78 is 4.86.